The summed E-state index contributed by atoms with van der Waals surface area (Å²) in [4.78, 5) is 45.9. The Hall–Kier alpha value is -4.37. The van der Waals surface area contributed by atoms with Gasteiger partial charge in [-0.1, -0.05) is 23.7 Å². The maximum atomic E-state index is 13.7. The lowest BCUT2D eigenvalue weighted by Crippen LogP contribution is -2.50. The standard InChI is InChI=1S/C41H51ClN6O7S/c1-26-32(23-47(7)44-26)37(49)45-56(52)30-14-17-36-34(21-30)48(24-41(25-53-36)18-8-10-27-20-29(42)13-16-33(27)41)22-28-12-15-31(28)35(55-39(51)46(5)6)11-9-19-54-40(2,3)38(50)43-4/h9,11,13-14,16-17,20-21,23,28,31,35H,4,8,10,12,15,18-19,22,24-25H2,1-3,5-7H3,(H,45,49)/b11-9+/t28-,31+,35-,41-,56?/m0/s1. The van der Waals surface area contributed by atoms with Gasteiger partial charge in [0.15, 0.2) is 4.90 Å². The van der Waals surface area contributed by atoms with Crippen molar-refractivity contribution in [3.8, 4) is 5.75 Å². The number of aliphatic imine (C=N–C) groups is 1. The third-order valence-electron chi connectivity index (χ3n) is 11.1. The minimum Gasteiger partial charge on any atom is -0.588 e. The molecule has 56 heavy (non-hydrogen) atoms. The number of fused-ring (bicyclic) bond motifs is 3. The van der Waals surface area contributed by atoms with Crippen molar-refractivity contribution in [3.05, 3.63) is 82.2 Å². The van der Waals surface area contributed by atoms with Gasteiger partial charge in [0.1, 0.15) is 28.8 Å². The maximum Gasteiger partial charge on any atom is 0.409 e. The molecule has 1 unspecified atom stereocenters. The Bertz CT molecular complexity index is 2000. The number of ether oxygens (including phenoxy) is 3. The third-order valence-corrected chi connectivity index (χ3v) is 12.4. The first-order chi connectivity index (χ1) is 26.6. The van der Waals surface area contributed by atoms with Gasteiger partial charge in [-0.05, 0) is 107 Å². The van der Waals surface area contributed by atoms with E-state index < -0.39 is 41.0 Å². The lowest BCUT2D eigenvalue weighted by Gasteiger charge is -2.46. The zero-order chi connectivity index (χ0) is 40.4. The van der Waals surface area contributed by atoms with Crippen molar-refractivity contribution in [2.75, 3.05) is 45.3 Å². The predicted octanol–water partition coefficient (Wildman–Crippen LogP) is 5.98. The van der Waals surface area contributed by atoms with E-state index >= 15 is 0 Å². The molecule has 2 aliphatic carbocycles. The molecule has 1 N–H and O–H groups in total. The van der Waals surface area contributed by atoms with E-state index in [1.165, 1.54) is 16.0 Å². The fourth-order valence-electron chi connectivity index (χ4n) is 7.96. The molecule has 15 heteroatoms. The lowest BCUT2D eigenvalue weighted by atomic mass is 9.68. The first-order valence-corrected chi connectivity index (χ1v) is 20.4. The van der Waals surface area contributed by atoms with Crippen LogP contribution in [0.1, 0.15) is 66.7 Å². The predicted molar refractivity (Wildman–Crippen MR) is 216 cm³/mol. The van der Waals surface area contributed by atoms with E-state index in [1.54, 1.807) is 64.9 Å². The summed E-state index contributed by atoms with van der Waals surface area (Å²) in [7, 11) is 5.02. The van der Waals surface area contributed by atoms with Crippen molar-refractivity contribution in [1.29, 1.82) is 0 Å². The van der Waals surface area contributed by atoms with Gasteiger partial charge in [0, 0.05) is 62.9 Å². The molecule has 1 aromatic heterocycles. The SMILES string of the molecule is C=NC(=O)C(C)(C)OC/C=C/[C@H](OC(=O)N(C)C)[C@@H]1CC[C@H]1CN1C[C@@]2(CCCc3cc(Cl)ccc32)COc2ccc([S+]([O-])NC(=O)c3cn(C)nc3C)cc21. The van der Waals surface area contributed by atoms with Crippen LogP contribution in [-0.4, -0.2) is 96.0 Å². The summed E-state index contributed by atoms with van der Waals surface area (Å²) >= 11 is 4.60. The summed E-state index contributed by atoms with van der Waals surface area (Å²) in [5.74, 6) is -0.188. The normalized spacial score (nSPS) is 21.5. The van der Waals surface area contributed by atoms with Crippen molar-refractivity contribution in [2.45, 2.75) is 74.9 Å². The van der Waals surface area contributed by atoms with Gasteiger partial charge in [0.25, 0.3) is 11.8 Å². The van der Waals surface area contributed by atoms with E-state index in [0.29, 0.717) is 46.6 Å². The fourth-order valence-corrected chi connectivity index (χ4v) is 8.96. The smallest absolute Gasteiger partial charge is 0.409 e. The Morgan fingerprint density at radius 3 is 2.71 bits per heavy atom. The van der Waals surface area contributed by atoms with E-state index in [-0.39, 0.29) is 23.9 Å². The number of anilines is 1. The Morgan fingerprint density at radius 1 is 1.25 bits per heavy atom. The molecule has 13 nitrogen and oxygen atoms in total. The lowest BCUT2D eigenvalue weighted by molar-refractivity contribution is -0.137. The Morgan fingerprint density at radius 2 is 2.04 bits per heavy atom. The van der Waals surface area contributed by atoms with Crippen molar-refractivity contribution >= 4 is 53.3 Å². The summed E-state index contributed by atoms with van der Waals surface area (Å²) in [6, 6.07) is 11.5. The van der Waals surface area contributed by atoms with Crippen LogP contribution in [0.2, 0.25) is 5.02 Å². The minimum absolute atomic E-state index is 0.0139. The van der Waals surface area contributed by atoms with Crippen LogP contribution in [0.5, 0.6) is 5.75 Å². The number of amides is 3. The van der Waals surface area contributed by atoms with Crippen molar-refractivity contribution in [1.82, 2.24) is 19.4 Å². The summed E-state index contributed by atoms with van der Waals surface area (Å²) in [5.41, 5.74) is 2.61. The number of halogens is 1. The number of nitrogens with one attached hydrogen (secondary N) is 1. The monoisotopic (exact) mass is 806 g/mol. The van der Waals surface area contributed by atoms with E-state index in [4.69, 9.17) is 25.8 Å². The number of aryl methyl sites for hydroxylation is 3. The first kappa shape index (κ1) is 41.3. The Balaban J connectivity index is 1.30. The molecule has 1 saturated carbocycles. The van der Waals surface area contributed by atoms with Crippen LogP contribution >= 0.6 is 11.6 Å². The molecule has 1 fully saturated rings. The molecule has 2 heterocycles. The van der Waals surface area contributed by atoms with Gasteiger partial charge in [-0.2, -0.15) is 9.82 Å². The van der Waals surface area contributed by atoms with E-state index in [0.717, 1.165) is 37.8 Å². The van der Waals surface area contributed by atoms with Crippen LogP contribution in [0.25, 0.3) is 0 Å². The van der Waals surface area contributed by atoms with Crippen LogP contribution < -0.4 is 14.4 Å². The quantitative estimate of drug-likeness (QED) is 0.133. The summed E-state index contributed by atoms with van der Waals surface area (Å²) in [5, 5.41) is 4.95. The van der Waals surface area contributed by atoms with Gasteiger partial charge in [0.2, 0.25) is 0 Å². The van der Waals surface area contributed by atoms with E-state index in [2.05, 4.69) is 38.6 Å². The van der Waals surface area contributed by atoms with Gasteiger partial charge < -0.3 is 28.6 Å². The second-order valence-electron chi connectivity index (χ2n) is 15.7. The molecular weight excluding hydrogens is 756 g/mol. The third kappa shape index (κ3) is 8.93. The number of hydrogen-bond acceptors (Lipinski definition) is 9. The van der Waals surface area contributed by atoms with Crippen LogP contribution in [0.4, 0.5) is 10.5 Å². The van der Waals surface area contributed by atoms with Gasteiger partial charge in [-0.15, -0.1) is 0 Å². The van der Waals surface area contributed by atoms with Crippen molar-refractivity contribution in [3.63, 3.8) is 0 Å². The largest absolute Gasteiger partial charge is 0.588 e. The summed E-state index contributed by atoms with van der Waals surface area (Å²) in [6.45, 7) is 10.1. The highest BCUT2D eigenvalue weighted by molar-refractivity contribution is 7.90. The highest BCUT2D eigenvalue weighted by atomic mass is 35.5. The number of aromatic nitrogens is 2. The molecular formula is C41H51ClN6O7S. The van der Waals surface area contributed by atoms with Gasteiger partial charge in [0.05, 0.1) is 30.2 Å². The Kier molecular flexibility index (Phi) is 12.5. The van der Waals surface area contributed by atoms with Crippen molar-refractivity contribution in [2.24, 2.45) is 23.9 Å². The summed E-state index contributed by atoms with van der Waals surface area (Å²) < 4.78 is 36.4. The van der Waals surface area contributed by atoms with E-state index in [9.17, 15) is 18.9 Å². The van der Waals surface area contributed by atoms with Gasteiger partial charge in [-0.25, -0.2) is 9.79 Å². The number of rotatable bonds is 12. The number of hydrogen-bond donors (Lipinski definition) is 1. The highest BCUT2D eigenvalue weighted by Gasteiger charge is 2.45. The average molecular weight is 807 g/mol. The molecule has 1 aliphatic heterocycles. The average Bonchev–Trinajstić information content (AvgIpc) is 3.41. The minimum atomic E-state index is -1.87. The number of carbonyl (C=O) groups excluding carboxylic acids is 3. The molecule has 0 saturated heterocycles. The topological polar surface area (TPSA) is 151 Å². The van der Waals surface area contributed by atoms with Crippen LogP contribution in [0, 0.1) is 18.8 Å². The molecule has 0 radical (unpaired) electrons. The van der Waals surface area contributed by atoms with E-state index in [1.807, 2.05) is 24.3 Å². The molecule has 1 spiro atoms. The zero-order valence-corrected chi connectivity index (χ0v) is 34.5. The van der Waals surface area contributed by atoms with Gasteiger partial charge in [-0.3, -0.25) is 14.3 Å². The Labute approximate surface area is 336 Å². The summed E-state index contributed by atoms with van der Waals surface area (Å²) in [6.07, 6.45) is 8.75. The van der Waals surface area contributed by atoms with Crippen LogP contribution in [-0.2, 0) is 44.5 Å². The number of nitrogens with zero attached hydrogens (tertiary/aromatic N) is 5. The molecule has 5 atom stereocenters. The van der Waals surface area contributed by atoms with Crippen molar-refractivity contribution < 1.29 is 33.1 Å². The molecule has 6 rings (SSSR count). The fraction of sp³-hybridized carbons (Fsp3) is 0.488. The van der Waals surface area contributed by atoms with Gasteiger partial charge >= 0.3 is 6.09 Å². The molecule has 3 aromatic rings. The molecule has 300 valence electrons. The highest BCUT2D eigenvalue weighted by Crippen LogP contribution is 2.47. The molecule has 2 aromatic carbocycles. The van der Waals surface area contributed by atoms with Crippen LogP contribution in [0.15, 0.2) is 64.6 Å². The first-order valence-electron chi connectivity index (χ1n) is 18.8. The van der Waals surface area contributed by atoms with Crippen LogP contribution in [0.3, 0.4) is 0 Å². The second-order valence-corrected chi connectivity index (χ2v) is 17.3. The molecule has 3 aliphatic rings. The molecule has 0 bridgehead atoms. The second kappa shape index (κ2) is 17.0. The molecule has 3 amide bonds. The maximum absolute atomic E-state index is 13.7. The number of carbonyl (C=O) groups is 3. The number of benzene rings is 2. The zero-order valence-electron chi connectivity index (χ0n) is 32.9.